The van der Waals surface area contributed by atoms with Crippen LogP contribution in [-0.2, 0) is 12.8 Å². The van der Waals surface area contributed by atoms with Crippen LogP contribution >= 0.6 is 0 Å². The van der Waals surface area contributed by atoms with E-state index in [1.54, 1.807) is 0 Å². The molecule has 1 rings (SSSR count). The van der Waals surface area contributed by atoms with Crippen molar-refractivity contribution in [3.05, 3.63) is 0 Å². The summed E-state index contributed by atoms with van der Waals surface area (Å²) in [5.74, 6) is 0. The van der Waals surface area contributed by atoms with Crippen LogP contribution in [0.4, 0.5) is 0 Å². The molecule has 1 fully saturated rings. The highest BCUT2D eigenvalue weighted by Crippen LogP contribution is 1.93. The number of quaternary nitrogens is 1. The average Bonchev–Trinajstić information content (AvgIpc) is 1.69. The molecule has 0 unspecified atom stereocenters. The topological polar surface area (TPSA) is 4.44 Å². The van der Waals surface area contributed by atoms with Crippen LogP contribution < -0.4 is 4.31 Å². The highest BCUT2D eigenvalue weighted by molar-refractivity contribution is 7.51. The highest BCUT2D eigenvalue weighted by Gasteiger charge is 2.01. The fourth-order valence-electron chi connectivity index (χ4n) is 0.946. The van der Waals surface area contributed by atoms with Crippen LogP contribution in [0.2, 0.25) is 0 Å². The summed E-state index contributed by atoms with van der Waals surface area (Å²) in [6, 6.07) is 0. The van der Waals surface area contributed by atoms with Gasteiger partial charge in [0, 0.05) is 0 Å². The van der Waals surface area contributed by atoms with Crippen molar-refractivity contribution in [1.29, 1.82) is 0 Å². The zero-order valence-corrected chi connectivity index (χ0v) is 5.26. The third-order valence-corrected chi connectivity index (χ3v) is 1.82. The molecule has 0 atom stereocenters. The lowest BCUT2D eigenvalue weighted by molar-refractivity contribution is -0.760. The molecule has 0 spiro atoms. The van der Waals surface area contributed by atoms with Crippen molar-refractivity contribution in [1.82, 2.24) is 0 Å². The molecule has 0 amide bonds. The molecule has 2 heteroatoms. The van der Waals surface area contributed by atoms with Gasteiger partial charge in [0.15, 0.2) is 0 Å². The first kappa shape index (κ1) is 5.45. The summed E-state index contributed by atoms with van der Waals surface area (Å²) in [7, 11) is 0. The van der Waals surface area contributed by atoms with Crippen LogP contribution in [0, 0.1) is 0 Å². The first-order valence-electron chi connectivity index (χ1n) is 2.91. The summed E-state index contributed by atoms with van der Waals surface area (Å²) < 4.78 is 1.30. The molecule has 7 heavy (non-hydrogen) atoms. The van der Waals surface area contributed by atoms with E-state index in [9.17, 15) is 0 Å². The first-order chi connectivity index (χ1) is 3.39. The van der Waals surface area contributed by atoms with E-state index in [-0.39, 0.29) is 0 Å². The van der Waals surface area contributed by atoms with Crippen molar-refractivity contribution in [2.45, 2.75) is 19.3 Å². The summed E-state index contributed by atoms with van der Waals surface area (Å²) >= 11 is 5.01. The largest absolute Gasteiger partial charge is 0.496 e. The molecule has 0 bridgehead atoms. The highest BCUT2D eigenvalue weighted by atomic mass is 32.1. The molecule has 0 aliphatic carbocycles. The minimum atomic E-state index is 1.22. The lowest BCUT2D eigenvalue weighted by Gasteiger charge is -2.27. The molecule has 0 radical (unpaired) electrons. The minimum Gasteiger partial charge on any atom is -0.496 e. The standard InChI is InChI=1S/C5H11NS/c7-6-4-2-1-3-5-6/h6H,1-5H2. The van der Waals surface area contributed by atoms with Crippen LogP contribution in [0.1, 0.15) is 19.3 Å². The van der Waals surface area contributed by atoms with Gasteiger partial charge >= 0.3 is 0 Å². The summed E-state index contributed by atoms with van der Waals surface area (Å²) in [4.78, 5) is 0. The molecular formula is C5H11NS. The normalized spacial score (nSPS) is 25.3. The fourth-order valence-corrected chi connectivity index (χ4v) is 1.23. The van der Waals surface area contributed by atoms with Gasteiger partial charge in [-0.25, -0.2) is 0 Å². The number of rotatable bonds is 0. The Kier molecular flexibility index (Phi) is 2.00. The zero-order valence-electron chi connectivity index (χ0n) is 4.44. The lowest BCUT2D eigenvalue weighted by atomic mass is 10.2. The van der Waals surface area contributed by atoms with E-state index in [0.29, 0.717) is 0 Å². The molecule has 0 saturated carbocycles. The Hall–Kier alpha value is 0.310. The van der Waals surface area contributed by atoms with Crippen LogP contribution in [0.25, 0.3) is 0 Å². The van der Waals surface area contributed by atoms with Gasteiger partial charge in [-0.3, -0.25) is 0 Å². The van der Waals surface area contributed by atoms with Gasteiger partial charge in [-0.05, 0) is 19.3 Å². The van der Waals surface area contributed by atoms with E-state index in [4.69, 9.17) is 12.8 Å². The van der Waals surface area contributed by atoms with Gasteiger partial charge in [0.2, 0.25) is 0 Å². The fraction of sp³-hybridized carbons (Fsp3) is 1.00. The van der Waals surface area contributed by atoms with Gasteiger partial charge in [-0.15, -0.1) is 0 Å². The monoisotopic (exact) mass is 117 g/mol. The number of piperidine rings is 1. The van der Waals surface area contributed by atoms with E-state index >= 15 is 0 Å². The summed E-state index contributed by atoms with van der Waals surface area (Å²) in [6.07, 6.45) is 4.10. The molecule has 1 aliphatic rings. The van der Waals surface area contributed by atoms with Crippen molar-refractivity contribution in [3.8, 4) is 0 Å². The van der Waals surface area contributed by atoms with Gasteiger partial charge in [-0.2, -0.15) is 0 Å². The average molecular weight is 117 g/mol. The Morgan fingerprint density at radius 2 is 1.57 bits per heavy atom. The second-order valence-corrected chi connectivity index (χ2v) is 2.68. The summed E-state index contributed by atoms with van der Waals surface area (Å²) in [5, 5.41) is 0. The van der Waals surface area contributed by atoms with Crippen LogP contribution in [0.5, 0.6) is 0 Å². The molecule has 0 aromatic carbocycles. The maximum atomic E-state index is 5.01. The molecule has 1 aliphatic heterocycles. The van der Waals surface area contributed by atoms with Crippen molar-refractivity contribution in [2.24, 2.45) is 0 Å². The smallest absolute Gasteiger partial charge is 0.0607 e. The second-order valence-electron chi connectivity index (χ2n) is 2.10. The quantitative estimate of drug-likeness (QED) is 0.420. The van der Waals surface area contributed by atoms with E-state index in [0.717, 1.165) is 0 Å². The van der Waals surface area contributed by atoms with Gasteiger partial charge in [0.05, 0.1) is 13.1 Å². The number of nitrogens with one attached hydrogen (secondary N) is 1. The summed E-state index contributed by atoms with van der Waals surface area (Å²) in [5.41, 5.74) is 0. The Morgan fingerprint density at radius 1 is 1.00 bits per heavy atom. The molecule has 1 nitrogen and oxygen atoms in total. The third kappa shape index (κ3) is 1.70. The Labute approximate surface area is 50.2 Å². The summed E-state index contributed by atoms with van der Waals surface area (Å²) in [6.45, 7) is 2.44. The molecular weight excluding hydrogens is 106 g/mol. The number of hydrogen-bond acceptors (Lipinski definition) is 1. The van der Waals surface area contributed by atoms with Crippen LogP contribution in [0.15, 0.2) is 0 Å². The minimum absolute atomic E-state index is 1.22. The Morgan fingerprint density at radius 3 is 1.86 bits per heavy atom. The van der Waals surface area contributed by atoms with Crippen molar-refractivity contribution < 1.29 is 4.31 Å². The van der Waals surface area contributed by atoms with Gasteiger partial charge in [-0.1, -0.05) is 0 Å². The predicted molar refractivity (Wildman–Crippen MR) is 31.9 cm³/mol. The van der Waals surface area contributed by atoms with E-state index in [1.165, 1.54) is 36.7 Å². The Balaban J connectivity index is 2.12. The van der Waals surface area contributed by atoms with Gasteiger partial charge < -0.3 is 17.1 Å². The molecule has 0 aromatic rings. The van der Waals surface area contributed by atoms with E-state index in [2.05, 4.69) is 0 Å². The van der Waals surface area contributed by atoms with Crippen molar-refractivity contribution >= 4 is 12.8 Å². The van der Waals surface area contributed by atoms with Gasteiger partial charge in [0.1, 0.15) is 0 Å². The molecule has 1 N–H and O–H groups in total. The van der Waals surface area contributed by atoms with E-state index in [1.807, 2.05) is 0 Å². The van der Waals surface area contributed by atoms with Gasteiger partial charge in [0.25, 0.3) is 0 Å². The maximum absolute atomic E-state index is 5.01. The van der Waals surface area contributed by atoms with Crippen LogP contribution in [0.3, 0.4) is 0 Å². The molecule has 0 aromatic heterocycles. The lowest BCUT2D eigenvalue weighted by Crippen LogP contribution is -3.08. The molecule has 1 saturated heterocycles. The molecule has 42 valence electrons. The molecule has 1 heterocycles. The third-order valence-electron chi connectivity index (χ3n) is 1.41. The SMILES string of the molecule is [S-][NH+]1CCCCC1. The van der Waals surface area contributed by atoms with Crippen LogP contribution in [-0.4, -0.2) is 13.1 Å². The van der Waals surface area contributed by atoms with E-state index < -0.39 is 0 Å². The first-order valence-corrected chi connectivity index (χ1v) is 3.32. The van der Waals surface area contributed by atoms with Crippen molar-refractivity contribution in [3.63, 3.8) is 0 Å². The Bertz CT molecular complexity index is 50.0. The number of hydrogen-bond donors (Lipinski definition) is 1. The predicted octanol–water partition coefficient (Wildman–Crippen LogP) is -0.483. The maximum Gasteiger partial charge on any atom is 0.0607 e. The second kappa shape index (κ2) is 2.58. The zero-order chi connectivity index (χ0) is 5.11. The van der Waals surface area contributed by atoms with Crippen molar-refractivity contribution in [2.75, 3.05) is 13.1 Å².